The lowest BCUT2D eigenvalue weighted by molar-refractivity contribution is -0.143. The summed E-state index contributed by atoms with van der Waals surface area (Å²) in [5.74, 6) is -1.41. The molecule has 90 valence electrons. The minimum absolute atomic E-state index is 0.00991. The first-order valence-electron chi connectivity index (χ1n) is 4.84. The fourth-order valence-electron chi connectivity index (χ4n) is 1.28. The summed E-state index contributed by atoms with van der Waals surface area (Å²) in [6, 6.07) is 0. The van der Waals surface area contributed by atoms with Gasteiger partial charge in [-0.15, -0.1) is 0 Å². The van der Waals surface area contributed by atoms with Crippen LogP contribution in [0.15, 0.2) is 11.6 Å². The lowest BCUT2D eigenvalue weighted by Crippen LogP contribution is -2.17. The van der Waals surface area contributed by atoms with Gasteiger partial charge in [-0.3, -0.25) is 14.4 Å². The molecule has 0 saturated carbocycles. The van der Waals surface area contributed by atoms with Gasteiger partial charge in [-0.25, -0.2) is 0 Å². The fourth-order valence-corrected chi connectivity index (χ4v) is 1.28. The van der Waals surface area contributed by atoms with Gasteiger partial charge in [-0.05, 0) is 12.5 Å². The quantitative estimate of drug-likeness (QED) is 0.383. The molecule has 5 heteroatoms. The summed E-state index contributed by atoms with van der Waals surface area (Å²) in [5.41, 5.74) is 0.399. The third-order valence-electron chi connectivity index (χ3n) is 2.22. The Labute approximate surface area is 94.4 Å². The van der Waals surface area contributed by atoms with Crippen LogP contribution in [-0.4, -0.2) is 32.4 Å². The van der Waals surface area contributed by atoms with Crippen molar-refractivity contribution in [1.29, 1.82) is 0 Å². The minimum atomic E-state index is -0.484. The second kappa shape index (κ2) is 7.62. The van der Waals surface area contributed by atoms with Crippen LogP contribution >= 0.6 is 0 Å². The molecular weight excluding hydrogens is 212 g/mol. The van der Waals surface area contributed by atoms with Crippen LogP contribution in [0.2, 0.25) is 0 Å². The number of ether oxygens (including phenoxy) is 2. The van der Waals surface area contributed by atoms with E-state index in [1.54, 1.807) is 13.0 Å². The van der Waals surface area contributed by atoms with Gasteiger partial charge in [0.25, 0.3) is 0 Å². The molecule has 0 radical (unpaired) electrons. The van der Waals surface area contributed by atoms with Gasteiger partial charge in [0.1, 0.15) is 6.29 Å². The van der Waals surface area contributed by atoms with Gasteiger partial charge in [0.05, 0.1) is 27.1 Å². The lowest BCUT2D eigenvalue weighted by Gasteiger charge is -2.13. The third-order valence-corrected chi connectivity index (χ3v) is 2.22. The van der Waals surface area contributed by atoms with Gasteiger partial charge in [-0.1, -0.05) is 6.08 Å². The van der Waals surface area contributed by atoms with Crippen molar-refractivity contribution < 1.29 is 23.9 Å². The molecule has 0 saturated heterocycles. The number of hydrogen-bond donors (Lipinski definition) is 0. The molecular formula is C11H16O5. The molecule has 0 amide bonds. The molecule has 0 unspecified atom stereocenters. The zero-order valence-corrected chi connectivity index (χ0v) is 9.69. The number of esters is 2. The average Bonchev–Trinajstić information content (AvgIpc) is 2.29. The molecule has 0 rings (SSSR count). The molecule has 0 atom stereocenters. The second-order valence-electron chi connectivity index (χ2n) is 3.16. The van der Waals surface area contributed by atoms with Crippen LogP contribution in [0.3, 0.4) is 0 Å². The topological polar surface area (TPSA) is 69.7 Å². The van der Waals surface area contributed by atoms with Gasteiger partial charge in [0, 0.05) is 5.92 Å². The fraction of sp³-hybridized carbons (Fsp3) is 0.545. The molecule has 0 aromatic carbocycles. The van der Waals surface area contributed by atoms with E-state index >= 15 is 0 Å². The van der Waals surface area contributed by atoms with Crippen molar-refractivity contribution in [3.05, 3.63) is 11.6 Å². The van der Waals surface area contributed by atoms with E-state index in [-0.39, 0.29) is 12.8 Å². The van der Waals surface area contributed by atoms with Crippen molar-refractivity contribution >= 4 is 18.2 Å². The number of allylic oxidation sites excluding steroid dienone is 2. The summed E-state index contributed by atoms with van der Waals surface area (Å²) in [6.07, 6.45) is 2.19. The van der Waals surface area contributed by atoms with E-state index in [9.17, 15) is 14.4 Å². The molecule has 0 heterocycles. The first-order chi connectivity index (χ1) is 7.58. The Bertz CT molecular complexity index is 275. The first kappa shape index (κ1) is 14.3. The number of aldehydes is 1. The molecule has 0 aliphatic rings. The molecule has 0 N–H and O–H groups in total. The van der Waals surface area contributed by atoms with Crippen molar-refractivity contribution in [2.45, 2.75) is 19.8 Å². The van der Waals surface area contributed by atoms with E-state index in [0.717, 1.165) is 0 Å². The maximum atomic E-state index is 11.1. The second-order valence-corrected chi connectivity index (χ2v) is 3.16. The van der Waals surface area contributed by atoms with Gasteiger partial charge >= 0.3 is 11.9 Å². The van der Waals surface area contributed by atoms with Crippen molar-refractivity contribution in [1.82, 2.24) is 0 Å². The largest absolute Gasteiger partial charge is 0.469 e. The summed E-state index contributed by atoms with van der Waals surface area (Å²) < 4.78 is 9.00. The van der Waals surface area contributed by atoms with Crippen LogP contribution in [0.25, 0.3) is 0 Å². The zero-order valence-electron chi connectivity index (χ0n) is 9.69. The van der Waals surface area contributed by atoms with E-state index in [4.69, 9.17) is 0 Å². The SMILES string of the molecule is CC=C(C=O)C(CC(=O)OC)CC(=O)OC. The molecule has 0 aromatic rings. The van der Waals surface area contributed by atoms with Gasteiger partial charge in [-0.2, -0.15) is 0 Å². The van der Waals surface area contributed by atoms with Gasteiger partial charge in [0.2, 0.25) is 0 Å². The Hall–Kier alpha value is -1.65. The van der Waals surface area contributed by atoms with E-state index < -0.39 is 17.9 Å². The summed E-state index contributed by atoms with van der Waals surface area (Å²) in [6.45, 7) is 1.67. The van der Waals surface area contributed by atoms with Crippen LogP contribution in [0.1, 0.15) is 19.8 Å². The average molecular weight is 228 g/mol. The van der Waals surface area contributed by atoms with Crippen molar-refractivity contribution in [3.63, 3.8) is 0 Å². The molecule has 0 aromatic heterocycles. The highest BCUT2D eigenvalue weighted by molar-refractivity contribution is 5.80. The lowest BCUT2D eigenvalue weighted by atomic mass is 9.93. The van der Waals surface area contributed by atoms with Crippen molar-refractivity contribution in [3.8, 4) is 0 Å². The third kappa shape index (κ3) is 4.72. The van der Waals surface area contributed by atoms with Gasteiger partial charge < -0.3 is 9.47 Å². The number of hydrogen-bond acceptors (Lipinski definition) is 5. The van der Waals surface area contributed by atoms with Gasteiger partial charge in [0.15, 0.2) is 0 Å². The molecule has 5 nitrogen and oxygen atoms in total. The molecule has 0 fully saturated rings. The molecule has 0 aliphatic carbocycles. The maximum Gasteiger partial charge on any atom is 0.306 e. The van der Waals surface area contributed by atoms with Crippen molar-refractivity contribution in [2.24, 2.45) is 5.92 Å². The van der Waals surface area contributed by atoms with Crippen LogP contribution < -0.4 is 0 Å². The van der Waals surface area contributed by atoms with Crippen LogP contribution in [0, 0.1) is 5.92 Å². The Morgan fingerprint density at radius 2 is 1.56 bits per heavy atom. The molecule has 16 heavy (non-hydrogen) atoms. The summed E-state index contributed by atoms with van der Waals surface area (Å²) in [7, 11) is 2.52. The Kier molecular flexibility index (Phi) is 6.83. The predicted molar refractivity (Wildman–Crippen MR) is 56.6 cm³/mol. The number of methoxy groups -OCH3 is 2. The van der Waals surface area contributed by atoms with Crippen LogP contribution in [0.4, 0.5) is 0 Å². The molecule has 0 aliphatic heterocycles. The maximum absolute atomic E-state index is 11.1. The smallest absolute Gasteiger partial charge is 0.306 e. The predicted octanol–water partition coefficient (Wildman–Crippen LogP) is 0.874. The van der Waals surface area contributed by atoms with E-state index in [1.807, 2.05) is 0 Å². The monoisotopic (exact) mass is 228 g/mol. The zero-order chi connectivity index (χ0) is 12.6. The Morgan fingerprint density at radius 3 is 1.81 bits per heavy atom. The van der Waals surface area contributed by atoms with Crippen LogP contribution in [0.5, 0.6) is 0 Å². The number of rotatable bonds is 6. The van der Waals surface area contributed by atoms with Crippen LogP contribution in [-0.2, 0) is 23.9 Å². The number of carbonyl (C=O) groups excluding carboxylic acids is 3. The Morgan fingerprint density at radius 1 is 1.12 bits per heavy atom. The number of carbonyl (C=O) groups is 3. The Balaban J connectivity index is 4.68. The molecule has 0 spiro atoms. The standard InChI is InChI=1S/C11H16O5/c1-4-8(7-12)9(5-10(13)15-2)6-11(14)16-3/h4,7,9H,5-6H2,1-3H3. The highest BCUT2D eigenvalue weighted by Crippen LogP contribution is 2.19. The first-order valence-corrected chi connectivity index (χ1v) is 4.84. The van der Waals surface area contributed by atoms with E-state index in [1.165, 1.54) is 14.2 Å². The van der Waals surface area contributed by atoms with Crippen molar-refractivity contribution in [2.75, 3.05) is 14.2 Å². The summed E-state index contributed by atoms with van der Waals surface area (Å²) in [5, 5.41) is 0. The highest BCUT2D eigenvalue weighted by Gasteiger charge is 2.21. The highest BCUT2D eigenvalue weighted by atomic mass is 16.5. The summed E-state index contributed by atoms with van der Waals surface area (Å²) >= 11 is 0. The molecule has 0 bridgehead atoms. The minimum Gasteiger partial charge on any atom is -0.469 e. The normalized spacial score (nSPS) is 11.1. The summed E-state index contributed by atoms with van der Waals surface area (Å²) in [4.78, 5) is 33.0. The van der Waals surface area contributed by atoms with E-state index in [2.05, 4.69) is 9.47 Å². The van der Waals surface area contributed by atoms with E-state index in [0.29, 0.717) is 11.9 Å².